The number of aryl methyl sites for hydroxylation is 2. The van der Waals surface area contributed by atoms with Crippen LogP contribution in [-0.4, -0.2) is 35.9 Å². The van der Waals surface area contributed by atoms with Gasteiger partial charge in [-0.1, -0.05) is 39.7 Å². The molecule has 0 fully saturated rings. The fourth-order valence-electron chi connectivity index (χ4n) is 2.95. The number of likely N-dealkylation sites (N-methyl/N-ethyl adjacent to an activating group) is 1. The Bertz CT molecular complexity index is 865. The van der Waals surface area contributed by atoms with Crippen LogP contribution in [0.1, 0.15) is 30.5 Å². The van der Waals surface area contributed by atoms with Gasteiger partial charge in [-0.25, -0.2) is 0 Å². The van der Waals surface area contributed by atoms with E-state index in [9.17, 15) is 9.59 Å². The van der Waals surface area contributed by atoms with Crippen LogP contribution in [0.2, 0.25) is 5.02 Å². The van der Waals surface area contributed by atoms with Gasteiger partial charge in [-0.2, -0.15) is 0 Å². The van der Waals surface area contributed by atoms with Crippen molar-refractivity contribution in [2.45, 2.75) is 40.3 Å². The van der Waals surface area contributed by atoms with E-state index < -0.39 is 6.04 Å². The second-order valence-corrected chi connectivity index (χ2v) is 8.18. The van der Waals surface area contributed by atoms with Gasteiger partial charge in [0.25, 0.3) is 5.91 Å². The van der Waals surface area contributed by atoms with Gasteiger partial charge in [-0.3, -0.25) is 9.59 Å². The van der Waals surface area contributed by atoms with Crippen molar-refractivity contribution < 1.29 is 14.3 Å². The van der Waals surface area contributed by atoms with Crippen molar-refractivity contribution >= 4 is 39.3 Å². The average Bonchev–Trinajstić information content (AvgIpc) is 2.68. The zero-order valence-corrected chi connectivity index (χ0v) is 19.4. The molecule has 2 aromatic carbocycles. The van der Waals surface area contributed by atoms with Crippen molar-refractivity contribution in [3.8, 4) is 5.75 Å². The SMILES string of the molecule is CCNC(=O)C(C)N(Cc1cccc(Br)c1)C(=O)COc1cc(C)c(Cl)c(C)c1. The maximum absolute atomic E-state index is 13.0. The fourth-order valence-corrected chi connectivity index (χ4v) is 3.51. The minimum absolute atomic E-state index is 0.168. The van der Waals surface area contributed by atoms with E-state index in [0.717, 1.165) is 21.2 Å². The van der Waals surface area contributed by atoms with Gasteiger partial charge in [0, 0.05) is 22.6 Å². The molecule has 0 saturated carbocycles. The molecule has 0 bridgehead atoms. The second kappa shape index (κ2) is 10.6. The Morgan fingerprint density at radius 1 is 1.21 bits per heavy atom. The molecule has 1 N–H and O–H groups in total. The number of carbonyl (C=O) groups excluding carboxylic acids is 2. The standard InChI is InChI=1S/C22H26BrClN2O3/c1-5-25-22(28)16(4)26(12-17-7-6-8-18(23)11-17)20(27)13-29-19-9-14(2)21(24)15(3)10-19/h6-11,16H,5,12-13H2,1-4H3,(H,25,28). The van der Waals surface area contributed by atoms with Crippen molar-refractivity contribution in [1.82, 2.24) is 10.2 Å². The number of nitrogens with zero attached hydrogens (tertiary/aromatic N) is 1. The van der Waals surface area contributed by atoms with Crippen LogP contribution in [0.3, 0.4) is 0 Å². The van der Waals surface area contributed by atoms with Gasteiger partial charge in [-0.05, 0) is 68.7 Å². The van der Waals surface area contributed by atoms with Crippen LogP contribution < -0.4 is 10.1 Å². The topological polar surface area (TPSA) is 58.6 Å². The Morgan fingerprint density at radius 2 is 1.86 bits per heavy atom. The summed E-state index contributed by atoms with van der Waals surface area (Å²) >= 11 is 9.64. The Labute approximate surface area is 185 Å². The minimum Gasteiger partial charge on any atom is -0.484 e. The smallest absolute Gasteiger partial charge is 0.261 e. The van der Waals surface area contributed by atoms with E-state index in [2.05, 4.69) is 21.2 Å². The van der Waals surface area contributed by atoms with E-state index in [0.29, 0.717) is 23.9 Å². The van der Waals surface area contributed by atoms with Gasteiger partial charge in [0.15, 0.2) is 6.61 Å². The van der Waals surface area contributed by atoms with E-state index in [1.165, 1.54) is 4.90 Å². The molecule has 0 aliphatic rings. The Balaban J connectivity index is 2.18. The number of ether oxygens (including phenoxy) is 1. The number of carbonyl (C=O) groups is 2. The minimum atomic E-state index is -0.626. The molecule has 7 heteroatoms. The molecule has 0 radical (unpaired) electrons. The molecule has 0 spiro atoms. The van der Waals surface area contributed by atoms with Crippen molar-refractivity contribution in [3.05, 3.63) is 62.6 Å². The Morgan fingerprint density at radius 3 is 2.45 bits per heavy atom. The molecular weight excluding hydrogens is 456 g/mol. The number of hydrogen-bond acceptors (Lipinski definition) is 3. The lowest BCUT2D eigenvalue weighted by Gasteiger charge is -2.28. The fraction of sp³-hybridized carbons (Fsp3) is 0.364. The lowest BCUT2D eigenvalue weighted by Crippen LogP contribution is -2.49. The third-order valence-electron chi connectivity index (χ3n) is 4.53. The maximum Gasteiger partial charge on any atom is 0.261 e. The third-order valence-corrected chi connectivity index (χ3v) is 5.62. The molecule has 5 nitrogen and oxygen atoms in total. The highest BCUT2D eigenvalue weighted by molar-refractivity contribution is 9.10. The number of rotatable bonds is 8. The first-order valence-electron chi connectivity index (χ1n) is 9.44. The molecular formula is C22H26BrClN2O3. The number of hydrogen-bond donors (Lipinski definition) is 1. The highest BCUT2D eigenvalue weighted by atomic mass is 79.9. The van der Waals surface area contributed by atoms with Gasteiger partial charge in [0.2, 0.25) is 5.91 Å². The quantitative estimate of drug-likeness (QED) is 0.597. The van der Waals surface area contributed by atoms with Crippen LogP contribution in [-0.2, 0) is 16.1 Å². The van der Waals surface area contributed by atoms with Crippen LogP contribution in [0, 0.1) is 13.8 Å². The zero-order valence-electron chi connectivity index (χ0n) is 17.1. The highest BCUT2D eigenvalue weighted by Crippen LogP contribution is 2.26. The van der Waals surface area contributed by atoms with E-state index >= 15 is 0 Å². The lowest BCUT2D eigenvalue weighted by atomic mass is 10.1. The summed E-state index contributed by atoms with van der Waals surface area (Å²) in [4.78, 5) is 26.9. The summed E-state index contributed by atoms with van der Waals surface area (Å²) in [6.45, 7) is 7.98. The van der Waals surface area contributed by atoms with Crippen LogP contribution >= 0.6 is 27.5 Å². The second-order valence-electron chi connectivity index (χ2n) is 6.88. The number of halogens is 2. The zero-order chi connectivity index (χ0) is 21.6. The van der Waals surface area contributed by atoms with Gasteiger partial charge < -0.3 is 15.0 Å². The number of benzene rings is 2. The first-order chi connectivity index (χ1) is 13.7. The molecule has 2 aromatic rings. The molecule has 2 amide bonds. The summed E-state index contributed by atoms with van der Waals surface area (Å²) in [5, 5.41) is 3.46. The first-order valence-corrected chi connectivity index (χ1v) is 10.6. The molecule has 1 unspecified atom stereocenters. The van der Waals surface area contributed by atoms with Crippen LogP contribution in [0.5, 0.6) is 5.75 Å². The average molecular weight is 482 g/mol. The predicted octanol–water partition coefficient (Wildman–Crippen LogP) is 4.65. The molecule has 2 rings (SSSR count). The van der Waals surface area contributed by atoms with Gasteiger partial charge in [0.05, 0.1) is 0 Å². The summed E-state index contributed by atoms with van der Waals surface area (Å²) in [6.07, 6.45) is 0. The van der Waals surface area contributed by atoms with E-state index in [4.69, 9.17) is 16.3 Å². The molecule has 0 aliphatic heterocycles. The van der Waals surface area contributed by atoms with E-state index in [1.54, 1.807) is 19.1 Å². The monoisotopic (exact) mass is 480 g/mol. The molecule has 1 atom stereocenters. The van der Waals surface area contributed by atoms with Gasteiger partial charge in [-0.15, -0.1) is 0 Å². The van der Waals surface area contributed by atoms with E-state index in [1.807, 2.05) is 45.0 Å². The predicted molar refractivity (Wildman–Crippen MR) is 119 cm³/mol. The summed E-state index contributed by atoms with van der Waals surface area (Å²) in [5.41, 5.74) is 2.69. The normalized spacial score (nSPS) is 11.7. The Hall–Kier alpha value is -2.05. The van der Waals surface area contributed by atoms with Gasteiger partial charge in [0.1, 0.15) is 11.8 Å². The summed E-state index contributed by atoms with van der Waals surface area (Å²) < 4.78 is 6.64. The number of amides is 2. The Kier molecular flexibility index (Phi) is 8.53. The van der Waals surface area contributed by atoms with Crippen LogP contribution in [0.15, 0.2) is 40.9 Å². The largest absolute Gasteiger partial charge is 0.484 e. The summed E-state index contributed by atoms with van der Waals surface area (Å²) in [5.74, 6) is 0.105. The van der Waals surface area contributed by atoms with Crippen LogP contribution in [0.25, 0.3) is 0 Å². The lowest BCUT2D eigenvalue weighted by molar-refractivity contribution is -0.142. The third kappa shape index (κ3) is 6.47. The van der Waals surface area contributed by atoms with E-state index in [-0.39, 0.29) is 18.4 Å². The van der Waals surface area contributed by atoms with Crippen molar-refractivity contribution in [2.75, 3.05) is 13.2 Å². The van der Waals surface area contributed by atoms with Gasteiger partial charge >= 0.3 is 0 Å². The number of nitrogens with one attached hydrogen (secondary N) is 1. The highest BCUT2D eigenvalue weighted by Gasteiger charge is 2.26. The molecule has 0 saturated heterocycles. The molecule has 29 heavy (non-hydrogen) atoms. The van der Waals surface area contributed by atoms with Crippen LogP contribution in [0.4, 0.5) is 0 Å². The first kappa shape index (κ1) is 23.2. The molecule has 0 heterocycles. The van der Waals surface area contributed by atoms with Crippen molar-refractivity contribution in [1.29, 1.82) is 0 Å². The molecule has 0 aromatic heterocycles. The van der Waals surface area contributed by atoms with Crippen molar-refractivity contribution in [2.24, 2.45) is 0 Å². The summed E-state index contributed by atoms with van der Waals surface area (Å²) in [6, 6.07) is 10.6. The molecule has 156 valence electrons. The molecule has 0 aliphatic carbocycles. The van der Waals surface area contributed by atoms with Crippen molar-refractivity contribution in [3.63, 3.8) is 0 Å². The summed E-state index contributed by atoms with van der Waals surface area (Å²) in [7, 11) is 0. The maximum atomic E-state index is 13.0.